The summed E-state index contributed by atoms with van der Waals surface area (Å²) in [7, 11) is 1.26. The van der Waals surface area contributed by atoms with Crippen molar-refractivity contribution in [2.45, 2.75) is 25.6 Å². The summed E-state index contributed by atoms with van der Waals surface area (Å²) in [5, 5.41) is 0. The number of methoxy groups -OCH3 is 1. The molecule has 2 fully saturated rings. The Labute approximate surface area is 124 Å². The summed E-state index contributed by atoms with van der Waals surface area (Å²) >= 11 is 2.89. The highest BCUT2D eigenvalue weighted by atomic mass is 32.2. The third-order valence-electron chi connectivity index (χ3n) is 2.79. The molecule has 0 N–H and O–H groups in total. The highest BCUT2D eigenvalue weighted by molar-refractivity contribution is 8.25. The van der Waals surface area contributed by atoms with Gasteiger partial charge in [0, 0.05) is 24.9 Å². The van der Waals surface area contributed by atoms with Gasteiger partial charge in [-0.05, 0) is 0 Å². The topological polar surface area (TPSA) is 78.9 Å². The molecule has 0 saturated carbocycles. The van der Waals surface area contributed by atoms with E-state index in [2.05, 4.69) is 4.74 Å². The molecule has 0 amide bonds. The Hall–Kier alpha value is -1.15. The summed E-state index contributed by atoms with van der Waals surface area (Å²) in [5.41, 5.74) is -0.0342. The molecule has 6 nitrogen and oxygen atoms in total. The predicted molar refractivity (Wildman–Crippen MR) is 73.8 cm³/mol. The molecule has 0 bridgehead atoms. The molecule has 2 aliphatic rings. The van der Waals surface area contributed by atoms with E-state index >= 15 is 0 Å². The van der Waals surface area contributed by atoms with Gasteiger partial charge in [-0.25, -0.2) is 9.59 Å². The molecule has 0 aromatic carbocycles. The van der Waals surface area contributed by atoms with E-state index in [1.165, 1.54) is 37.6 Å². The Kier molecular flexibility index (Phi) is 4.64. The van der Waals surface area contributed by atoms with Crippen molar-refractivity contribution < 1.29 is 28.6 Å². The van der Waals surface area contributed by atoms with Crippen LogP contribution >= 0.6 is 23.5 Å². The largest absolute Gasteiger partial charge is 0.469 e. The average Bonchev–Trinajstić information content (AvgIpc) is 2.88. The molecule has 2 rings (SSSR count). The van der Waals surface area contributed by atoms with Crippen LogP contribution in [-0.4, -0.2) is 42.3 Å². The zero-order valence-electron chi connectivity index (χ0n) is 11.1. The molecule has 110 valence electrons. The van der Waals surface area contributed by atoms with Gasteiger partial charge in [0.15, 0.2) is 5.57 Å². The minimum absolute atomic E-state index is 0.00294. The van der Waals surface area contributed by atoms with Crippen molar-refractivity contribution in [3.8, 4) is 0 Å². The van der Waals surface area contributed by atoms with Crippen molar-refractivity contribution >= 4 is 41.4 Å². The van der Waals surface area contributed by atoms with Gasteiger partial charge in [0.25, 0.3) is 5.79 Å². The monoisotopic (exact) mass is 318 g/mol. The molecular weight excluding hydrogens is 304 g/mol. The van der Waals surface area contributed by atoms with E-state index in [9.17, 15) is 14.4 Å². The number of cyclic esters (lactones) is 2. The van der Waals surface area contributed by atoms with E-state index in [1.54, 1.807) is 0 Å². The van der Waals surface area contributed by atoms with Crippen molar-refractivity contribution in [3.63, 3.8) is 0 Å². The van der Waals surface area contributed by atoms with Gasteiger partial charge in [0.05, 0.1) is 17.8 Å². The Morgan fingerprint density at radius 2 is 1.80 bits per heavy atom. The zero-order valence-corrected chi connectivity index (χ0v) is 12.7. The van der Waals surface area contributed by atoms with Gasteiger partial charge < -0.3 is 14.2 Å². The number of hydrogen-bond acceptors (Lipinski definition) is 8. The molecular formula is C12H14O6S2. The standard InChI is InChI=1S/C12H14O6S2/c1-12(4-3-7(13)16-2)17-9(14)8(10(15)18-12)11-19-5-6-20-11/h3-6H2,1-2H3. The van der Waals surface area contributed by atoms with Crippen LogP contribution in [-0.2, 0) is 28.6 Å². The number of thioether (sulfide) groups is 2. The van der Waals surface area contributed by atoms with E-state index in [-0.39, 0.29) is 18.4 Å². The quantitative estimate of drug-likeness (QED) is 0.439. The highest BCUT2D eigenvalue weighted by Crippen LogP contribution is 2.41. The lowest BCUT2D eigenvalue weighted by Gasteiger charge is -2.33. The van der Waals surface area contributed by atoms with Crippen molar-refractivity contribution in [3.05, 3.63) is 9.81 Å². The minimum atomic E-state index is -1.42. The summed E-state index contributed by atoms with van der Waals surface area (Å²) in [4.78, 5) is 35.1. The number of rotatable bonds is 3. The van der Waals surface area contributed by atoms with Crippen LogP contribution in [0, 0.1) is 0 Å². The Morgan fingerprint density at radius 3 is 2.30 bits per heavy atom. The van der Waals surface area contributed by atoms with Gasteiger partial charge in [-0.3, -0.25) is 4.79 Å². The van der Waals surface area contributed by atoms with Gasteiger partial charge in [-0.1, -0.05) is 0 Å². The first kappa shape index (κ1) is 15.2. The summed E-state index contributed by atoms with van der Waals surface area (Å²) < 4.78 is 15.5. The Balaban J connectivity index is 2.09. The SMILES string of the molecule is COC(=O)CCC1(C)OC(=O)C(=C2SCCS2)C(=O)O1. The van der Waals surface area contributed by atoms with Crippen LogP contribution in [0.15, 0.2) is 9.81 Å². The molecule has 0 unspecified atom stereocenters. The van der Waals surface area contributed by atoms with Gasteiger partial charge >= 0.3 is 17.9 Å². The second-order valence-corrected chi connectivity index (χ2v) is 6.82. The average molecular weight is 318 g/mol. The van der Waals surface area contributed by atoms with Crippen LogP contribution in [0.2, 0.25) is 0 Å². The molecule has 20 heavy (non-hydrogen) atoms. The zero-order chi connectivity index (χ0) is 14.8. The van der Waals surface area contributed by atoms with E-state index < -0.39 is 23.7 Å². The van der Waals surface area contributed by atoms with Crippen LogP contribution in [0.1, 0.15) is 19.8 Å². The number of carbonyl (C=O) groups is 3. The van der Waals surface area contributed by atoms with Crippen molar-refractivity contribution in [2.24, 2.45) is 0 Å². The molecule has 0 aliphatic carbocycles. The van der Waals surface area contributed by atoms with Crippen LogP contribution in [0.25, 0.3) is 0 Å². The van der Waals surface area contributed by atoms with Crippen LogP contribution in [0.3, 0.4) is 0 Å². The normalized spacial score (nSPS) is 26.3. The first-order valence-corrected chi connectivity index (χ1v) is 7.96. The smallest absolute Gasteiger partial charge is 0.350 e. The molecule has 0 aromatic heterocycles. The fourth-order valence-electron chi connectivity index (χ4n) is 1.75. The van der Waals surface area contributed by atoms with Gasteiger partial charge in [0.2, 0.25) is 0 Å². The number of hydrogen-bond donors (Lipinski definition) is 0. The lowest BCUT2D eigenvalue weighted by molar-refractivity contribution is -0.231. The maximum atomic E-state index is 12.0. The second kappa shape index (κ2) is 6.09. The molecule has 2 saturated heterocycles. The van der Waals surface area contributed by atoms with Crippen molar-refractivity contribution in [2.75, 3.05) is 18.6 Å². The van der Waals surface area contributed by atoms with E-state index in [0.29, 0.717) is 4.24 Å². The number of carbonyl (C=O) groups excluding carboxylic acids is 3. The van der Waals surface area contributed by atoms with Crippen molar-refractivity contribution in [1.82, 2.24) is 0 Å². The fraction of sp³-hybridized carbons (Fsp3) is 0.583. The van der Waals surface area contributed by atoms with E-state index in [0.717, 1.165) is 11.5 Å². The summed E-state index contributed by atoms with van der Waals surface area (Å²) in [6, 6.07) is 0. The third kappa shape index (κ3) is 3.29. The lowest BCUT2D eigenvalue weighted by Crippen LogP contribution is -2.44. The maximum Gasteiger partial charge on any atom is 0.350 e. The molecule has 2 aliphatic heterocycles. The van der Waals surface area contributed by atoms with Gasteiger partial charge in [-0.2, -0.15) is 0 Å². The fourth-order valence-corrected chi connectivity index (χ4v) is 4.25. The summed E-state index contributed by atoms with van der Waals surface area (Å²) in [6.07, 6.45) is 0.0724. The maximum absolute atomic E-state index is 12.0. The predicted octanol–water partition coefficient (Wildman–Crippen LogP) is 1.45. The van der Waals surface area contributed by atoms with E-state index in [1.807, 2.05) is 0 Å². The van der Waals surface area contributed by atoms with E-state index in [4.69, 9.17) is 9.47 Å². The molecule has 0 spiro atoms. The van der Waals surface area contributed by atoms with Gasteiger partial charge in [-0.15, -0.1) is 23.5 Å². The summed E-state index contributed by atoms with van der Waals surface area (Å²) in [5.74, 6) is -1.55. The van der Waals surface area contributed by atoms with Crippen molar-refractivity contribution in [1.29, 1.82) is 0 Å². The molecule has 0 atom stereocenters. The molecule has 0 aromatic rings. The van der Waals surface area contributed by atoms with Crippen LogP contribution < -0.4 is 0 Å². The number of ether oxygens (including phenoxy) is 3. The Morgan fingerprint density at radius 1 is 1.25 bits per heavy atom. The number of esters is 3. The second-order valence-electron chi connectivity index (χ2n) is 4.35. The first-order chi connectivity index (χ1) is 9.45. The van der Waals surface area contributed by atoms with Crippen LogP contribution in [0.4, 0.5) is 0 Å². The minimum Gasteiger partial charge on any atom is -0.469 e. The summed E-state index contributed by atoms with van der Waals surface area (Å²) in [6.45, 7) is 1.46. The molecule has 0 radical (unpaired) electrons. The van der Waals surface area contributed by atoms with Crippen LogP contribution in [0.5, 0.6) is 0 Å². The molecule has 8 heteroatoms. The third-order valence-corrected chi connectivity index (χ3v) is 5.50. The van der Waals surface area contributed by atoms with Gasteiger partial charge in [0.1, 0.15) is 0 Å². The Bertz CT molecular complexity index is 456. The highest BCUT2D eigenvalue weighted by Gasteiger charge is 2.44. The first-order valence-electron chi connectivity index (χ1n) is 5.98. The lowest BCUT2D eigenvalue weighted by atomic mass is 10.1. The molecule has 2 heterocycles.